The second kappa shape index (κ2) is 15.9. The molecule has 2 aliphatic rings. The minimum Gasteiger partial charge on any atom is -0.490 e. The zero-order valence-corrected chi connectivity index (χ0v) is 25.5. The number of anilines is 1. The number of fused-ring (bicyclic) bond motifs is 1. The Morgan fingerprint density at radius 1 is 0.978 bits per heavy atom. The van der Waals surface area contributed by atoms with Gasteiger partial charge in [0.15, 0.2) is 11.6 Å². The average Bonchev–Trinajstić information content (AvgIpc) is 3.05. The molecule has 0 aliphatic carbocycles. The second-order valence-corrected chi connectivity index (χ2v) is 11.2. The van der Waals surface area contributed by atoms with Gasteiger partial charge in [0, 0.05) is 38.8 Å². The van der Waals surface area contributed by atoms with Gasteiger partial charge in [-0.05, 0) is 53.8 Å². The van der Waals surface area contributed by atoms with Crippen LogP contribution in [0.15, 0.2) is 60.7 Å². The molecular formula is C34H40F2N2O7. The molecular weight excluding hydrogens is 586 g/mol. The molecule has 0 spiro atoms. The van der Waals surface area contributed by atoms with Gasteiger partial charge in [0.25, 0.3) is 0 Å². The standard InChI is InChI=1S/C34H40F2N2O7/c1-41-15-2-12-37-14-16-43-31-10-5-25(19-30(31)37)23-45-33-21-38(34(39)40)13-11-28(33)26-6-3-24(4-7-26)22-42-17-18-44-32-20-27(35)8-9-29(32)36/h3-10,19-20,28,33H,2,11-18,21-23H2,1H3,(H,39,40). The van der Waals surface area contributed by atoms with E-state index in [0.717, 1.165) is 65.8 Å². The third-order valence-corrected chi connectivity index (χ3v) is 8.11. The molecule has 5 rings (SSSR count). The summed E-state index contributed by atoms with van der Waals surface area (Å²) in [5.74, 6) is -0.456. The Morgan fingerprint density at radius 3 is 2.60 bits per heavy atom. The number of hydrogen-bond donors (Lipinski definition) is 1. The van der Waals surface area contributed by atoms with E-state index in [1.807, 2.05) is 36.4 Å². The number of carbonyl (C=O) groups is 1. The Kier molecular flexibility index (Phi) is 11.5. The van der Waals surface area contributed by atoms with Crippen LogP contribution in [0.1, 0.15) is 35.4 Å². The number of halogens is 2. The van der Waals surface area contributed by atoms with Gasteiger partial charge in [-0.1, -0.05) is 30.3 Å². The summed E-state index contributed by atoms with van der Waals surface area (Å²) < 4.78 is 55.5. The van der Waals surface area contributed by atoms with Crippen LogP contribution in [0.2, 0.25) is 0 Å². The van der Waals surface area contributed by atoms with Crippen molar-refractivity contribution < 1.29 is 42.4 Å². The highest BCUT2D eigenvalue weighted by Gasteiger charge is 2.33. The number of nitrogens with zero attached hydrogens (tertiary/aromatic N) is 2. The lowest BCUT2D eigenvalue weighted by molar-refractivity contribution is -0.0199. The molecule has 45 heavy (non-hydrogen) atoms. The predicted molar refractivity (Wildman–Crippen MR) is 164 cm³/mol. The Bertz CT molecular complexity index is 1410. The van der Waals surface area contributed by atoms with E-state index in [1.165, 1.54) is 4.90 Å². The zero-order valence-electron chi connectivity index (χ0n) is 25.5. The fourth-order valence-electron chi connectivity index (χ4n) is 5.73. The lowest BCUT2D eigenvalue weighted by Gasteiger charge is -2.37. The van der Waals surface area contributed by atoms with Crippen molar-refractivity contribution in [2.24, 2.45) is 0 Å². The third-order valence-electron chi connectivity index (χ3n) is 8.11. The Labute approximate surface area is 262 Å². The van der Waals surface area contributed by atoms with Gasteiger partial charge in [0.1, 0.15) is 24.8 Å². The van der Waals surface area contributed by atoms with Gasteiger partial charge in [-0.2, -0.15) is 0 Å². The SMILES string of the molecule is COCCCN1CCOc2ccc(COC3CN(C(=O)O)CCC3c3ccc(COCCOc4cc(F)ccc4F)cc3)cc21. The zero-order chi connectivity index (χ0) is 31.6. The highest BCUT2D eigenvalue weighted by Crippen LogP contribution is 2.35. The first-order valence-corrected chi connectivity index (χ1v) is 15.2. The van der Waals surface area contributed by atoms with Crippen molar-refractivity contribution in [2.75, 3.05) is 64.6 Å². The second-order valence-electron chi connectivity index (χ2n) is 11.2. The van der Waals surface area contributed by atoms with Gasteiger partial charge < -0.3 is 38.6 Å². The van der Waals surface area contributed by atoms with Crippen molar-refractivity contribution in [1.82, 2.24) is 4.90 Å². The van der Waals surface area contributed by atoms with Crippen molar-refractivity contribution in [3.8, 4) is 11.5 Å². The van der Waals surface area contributed by atoms with E-state index in [9.17, 15) is 18.7 Å². The molecule has 3 aromatic rings. The van der Waals surface area contributed by atoms with Gasteiger partial charge >= 0.3 is 6.09 Å². The van der Waals surface area contributed by atoms with E-state index in [0.29, 0.717) is 39.4 Å². The van der Waals surface area contributed by atoms with Crippen LogP contribution < -0.4 is 14.4 Å². The summed E-state index contributed by atoms with van der Waals surface area (Å²) in [4.78, 5) is 15.5. The lowest BCUT2D eigenvalue weighted by Crippen LogP contribution is -2.46. The maximum absolute atomic E-state index is 13.7. The summed E-state index contributed by atoms with van der Waals surface area (Å²) in [6.45, 7) is 4.71. The molecule has 2 atom stereocenters. The van der Waals surface area contributed by atoms with E-state index in [2.05, 4.69) is 11.0 Å². The minimum atomic E-state index is -0.948. The molecule has 0 bridgehead atoms. The molecule has 1 fully saturated rings. The Balaban J connectivity index is 1.17. The van der Waals surface area contributed by atoms with Gasteiger partial charge in [0.05, 0.1) is 44.7 Å². The number of methoxy groups -OCH3 is 1. The topological polar surface area (TPSA) is 89.9 Å². The lowest BCUT2D eigenvalue weighted by atomic mass is 9.86. The largest absolute Gasteiger partial charge is 0.490 e. The summed E-state index contributed by atoms with van der Waals surface area (Å²) in [5.41, 5.74) is 4.06. The van der Waals surface area contributed by atoms with Crippen molar-refractivity contribution in [2.45, 2.75) is 38.1 Å². The Morgan fingerprint density at radius 2 is 1.80 bits per heavy atom. The van der Waals surface area contributed by atoms with Crippen LogP contribution in [0.5, 0.6) is 11.5 Å². The van der Waals surface area contributed by atoms with Crippen LogP contribution >= 0.6 is 0 Å². The van der Waals surface area contributed by atoms with E-state index < -0.39 is 17.7 Å². The molecule has 1 saturated heterocycles. The van der Waals surface area contributed by atoms with Gasteiger partial charge in [-0.3, -0.25) is 0 Å². The van der Waals surface area contributed by atoms with Crippen molar-refractivity contribution in [3.05, 3.63) is 89.0 Å². The van der Waals surface area contributed by atoms with Crippen LogP contribution in [-0.2, 0) is 27.4 Å². The summed E-state index contributed by atoms with van der Waals surface area (Å²) in [7, 11) is 1.71. The number of likely N-dealkylation sites (tertiary alicyclic amines) is 1. The molecule has 2 aliphatic heterocycles. The summed E-state index contributed by atoms with van der Waals surface area (Å²) >= 11 is 0. The van der Waals surface area contributed by atoms with Crippen molar-refractivity contribution >= 4 is 11.8 Å². The third kappa shape index (κ3) is 8.84. The van der Waals surface area contributed by atoms with Crippen molar-refractivity contribution in [1.29, 1.82) is 0 Å². The summed E-state index contributed by atoms with van der Waals surface area (Å²) in [6.07, 6.45) is 0.299. The smallest absolute Gasteiger partial charge is 0.407 e. The number of amides is 1. The number of rotatable bonds is 14. The molecule has 242 valence electrons. The van der Waals surface area contributed by atoms with E-state index in [1.54, 1.807) is 7.11 Å². The van der Waals surface area contributed by atoms with Crippen LogP contribution in [0, 0.1) is 11.6 Å². The number of hydrogen-bond acceptors (Lipinski definition) is 7. The molecule has 2 heterocycles. The average molecular weight is 627 g/mol. The fraction of sp³-hybridized carbons (Fsp3) is 0.441. The van der Waals surface area contributed by atoms with Crippen LogP contribution in [-0.4, -0.2) is 81.9 Å². The molecule has 11 heteroatoms. The van der Waals surface area contributed by atoms with Crippen LogP contribution in [0.4, 0.5) is 19.3 Å². The fourth-order valence-corrected chi connectivity index (χ4v) is 5.73. The summed E-state index contributed by atoms with van der Waals surface area (Å²) in [6, 6.07) is 17.2. The monoisotopic (exact) mass is 626 g/mol. The molecule has 0 radical (unpaired) electrons. The molecule has 9 nitrogen and oxygen atoms in total. The number of ether oxygens (including phenoxy) is 5. The Hall–Kier alpha value is -3.93. The van der Waals surface area contributed by atoms with Gasteiger partial charge in [-0.25, -0.2) is 13.6 Å². The van der Waals surface area contributed by atoms with E-state index in [4.69, 9.17) is 23.7 Å². The maximum Gasteiger partial charge on any atom is 0.407 e. The molecule has 1 amide bonds. The van der Waals surface area contributed by atoms with Crippen LogP contribution in [0.25, 0.3) is 0 Å². The normalized spacial score (nSPS) is 17.9. The maximum atomic E-state index is 13.7. The predicted octanol–water partition coefficient (Wildman–Crippen LogP) is 5.85. The summed E-state index contributed by atoms with van der Waals surface area (Å²) in [5, 5.41) is 9.68. The molecule has 2 unspecified atom stereocenters. The van der Waals surface area contributed by atoms with E-state index in [-0.39, 0.29) is 37.5 Å². The molecule has 0 saturated carbocycles. The highest BCUT2D eigenvalue weighted by atomic mass is 19.1. The minimum absolute atomic E-state index is 0.0247. The first kappa shape index (κ1) is 32.5. The van der Waals surface area contributed by atoms with Crippen LogP contribution in [0.3, 0.4) is 0 Å². The first-order chi connectivity index (χ1) is 21.9. The number of benzene rings is 3. The van der Waals surface area contributed by atoms with E-state index >= 15 is 0 Å². The molecule has 3 aromatic carbocycles. The highest BCUT2D eigenvalue weighted by molar-refractivity contribution is 5.65. The molecule has 1 N–H and O–H groups in total. The first-order valence-electron chi connectivity index (χ1n) is 15.2. The molecule has 0 aromatic heterocycles. The van der Waals surface area contributed by atoms with Gasteiger partial charge in [-0.15, -0.1) is 0 Å². The number of carboxylic acid groups (broad SMARTS) is 1. The van der Waals surface area contributed by atoms with Crippen molar-refractivity contribution in [3.63, 3.8) is 0 Å². The number of piperidine rings is 1. The quantitative estimate of drug-likeness (QED) is 0.223. The van der Waals surface area contributed by atoms with Gasteiger partial charge in [0.2, 0.25) is 0 Å².